The van der Waals surface area contributed by atoms with E-state index in [-0.39, 0.29) is 34.7 Å². The van der Waals surface area contributed by atoms with E-state index >= 15 is 0 Å². The number of rotatable bonds is 6. The van der Waals surface area contributed by atoms with Crippen molar-refractivity contribution in [3.63, 3.8) is 0 Å². The number of fused-ring (bicyclic) bond motifs is 5. The molecule has 1 aromatic carbocycles. The Morgan fingerprint density at radius 3 is 2.32 bits per heavy atom. The van der Waals surface area contributed by atoms with E-state index in [1.807, 2.05) is 30.3 Å². The van der Waals surface area contributed by atoms with E-state index in [4.69, 9.17) is 9.47 Å². The van der Waals surface area contributed by atoms with Gasteiger partial charge in [-0.15, -0.1) is 0 Å². The highest BCUT2D eigenvalue weighted by Gasteiger charge is 2.67. The molecule has 4 aliphatic rings. The average Bonchev–Trinajstić information content (AvgIpc) is 3.17. The maximum atomic E-state index is 13.0. The number of hydrogen-bond donors (Lipinski definition) is 0. The second-order valence-corrected chi connectivity index (χ2v) is 12.7. The van der Waals surface area contributed by atoms with Gasteiger partial charge in [0.1, 0.15) is 6.10 Å². The van der Waals surface area contributed by atoms with Gasteiger partial charge in [0.2, 0.25) is 0 Å². The molecule has 1 unspecified atom stereocenters. The number of aryl methyl sites for hydroxylation is 1. The fourth-order valence-electron chi connectivity index (χ4n) is 8.83. The molecular formula is C33H42O5. The fraction of sp³-hybridized carbons (Fsp3) is 0.606. The molecule has 2 fully saturated rings. The molecule has 0 aromatic heterocycles. The van der Waals surface area contributed by atoms with Gasteiger partial charge in [0, 0.05) is 18.8 Å². The molecule has 0 heterocycles. The molecule has 0 bridgehead atoms. The molecule has 7 atom stereocenters. The van der Waals surface area contributed by atoms with E-state index in [9.17, 15) is 14.4 Å². The molecule has 5 rings (SSSR count). The molecule has 1 aromatic rings. The van der Waals surface area contributed by atoms with Gasteiger partial charge in [0.05, 0.1) is 0 Å². The number of Topliss-reactive ketones (excluding diaryl/α,β-unsaturated/α-hetero) is 1. The molecule has 0 spiro atoms. The van der Waals surface area contributed by atoms with Gasteiger partial charge in [-0.25, -0.2) is 0 Å². The molecular weight excluding hydrogens is 476 g/mol. The maximum absolute atomic E-state index is 13.0. The van der Waals surface area contributed by atoms with Gasteiger partial charge in [0.25, 0.3) is 0 Å². The third-order valence-corrected chi connectivity index (χ3v) is 10.7. The smallest absolute Gasteiger partial charge is 0.306 e. The summed E-state index contributed by atoms with van der Waals surface area (Å²) in [5, 5.41) is 0. The Bertz CT molecular complexity index is 1180. The van der Waals surface area contributed by atoms with E-state index in [0.29, 0.717) is 37.0 Å². The zero-order valence-corrected chi connectivity index (χ0v) is 23.5. The molecule has 5 nitrogen and oxygen atoms in total. The van der Waals surface area contributed by atoms with Crippen molar-refractivity contribution in [2.45, 2.75) is 97.7 Å². The molecule has 4 aliphatic carbocycles. The van der Waals surface area contributed by atoms with Gasteiger partial charge in [0.15, 0.2) is 11.4 Å². The van der Waals surface area contributed by atoms with Crippen molar-refractivity contribution < 1.29 is 23.9 Å². The topological polar surface area (TPSA) is 69.7 Å². The number of allylic oxidation sites excluding steroid dienone is 3. The quantitative estimate of drug-likeness (QED) is 0.399. The Morgan fingerprint density at radius 1 is 0.921 bits per heavy atom. The van der Waals surface area contributed by atoms with E-state index in [2.05, 4.69) is 32.9 Å². The van der Waals surface area contributed by atoms with Crippen molar-refractivity contribution >= 4 is 17.7 Å². The lowest BCUT2D eigenvalue weighted by Gasteiger charge is -2.58. The average molecular weight is 519 g/mol. The van der Waals surface area contributed by atoms with Gasteiger partial charge < -0.3 is 9.47 Å². The normalized spacial score (nSPS) is 37.6. The van der Waals surface area contributed by atoms with E-state index in [1.165, 1.54) is 18.1 Å². The second-order valence-electron chi connectivity index (χ2n) is 12.7. The summed E-state index contributed by atoms with van der Waals surface area (Å²) in [6, 6.07) is 10.1. The second kappa shape index (κ2) is 9.81. The number of esters is 2. The summed E-state index contributed by atoms with van der Waals surface area (Å²) >= 11 is 0. The van der Waals surface area contributed by atoms with Crippen LogP contribution in [0.1, 0.15) is 85.1 Å². The van der Waals surface area contributed by atoms with Gasteiger partial charge >= 0.3 is 11.9 Å². The molecule has 204 valence electrons. The van der Waals surface area contributed by atoms with Crippen molar-refractivity contribution in [2.24, 2.45) is 28.6 Å². The molecule has 0 aliphatic heterocycles. The highest BCUT2D eigenvalue weighted by atomic mass is 16.6. The van der Waals surface area contributed by atoms with Crippen molar-refractivity contribution in [1.29, 1.82) is 0 Å². The highest BCUT2D eigenvalue weighted by Crippen LogP contribution is 2.68. The van der Waals surface area contributed by atoms with Crippen LogP contribution in [0.3, 0.4) is 0 Å². The number of hydrogen-bond acceptors (Lipinski definition) is 5. The van der Waals surface area contributed by atoms with Crippen LogP contribution in [0.2, 0.25) is 0 Å². The predicted octanol–water partition coefficient (Wildman–Crippen LogP) is 6.55. The Morgan fingerprint density at radius 2 is 1.63 bits per heavy atom. The van der Waals surface area contributed by atoms with Crippen molar-refractivity contribution in [3.05, 3.63) is 59.2 Å². The van der Waals surface area contributed by atoms with Gasteiger partial charge in [-0.1, -0.05) is 55.8 Å². The molecule has 2 saturated carbocycles. The van der Waals surface area contributed by atoms with E-state index in [1.54, 1.807) is 6.92 Å². The molecule has 0 radical (unpaired) electrons. The number of carbonyl (C=O) groups is 3. The van der Waals surface area contributed by atoms with Crippen molar-refractivity contribution in [2.75, 3.05) is 0 Å². The molecule has 5 heteroatoms. The van der Waals surface area contributed by atoms with Crippen LogP contribution in [0.25, 0.3) is 0 Å². The first-order chi connectivity index (χ1) is 18.0. The Labute approximate surface area is 227 Å². The predicted molar refractivity (Wildman–Crippen MR) is 146 cm³/mol. The van der Waals surface area contributed by atoms with Crippen LogP contribution in [0.4, 0.5) is 0 Å². The highest BCUT2D eigenvalue weighted by molar-refractivity contribution is 5.89. The Balaban J connectivity index is 1.36. The maximum Gasteiger partial charge on any atom is 0.306 e. The monoisotopic (exact) mass is 518 g/mol. The summed E-state index contributed by atoms with van der Waals surface area (Å²) in [5.41, 5.74) is 2.38. The minimum absolute atomic E-state index is 0.0146. The summed E-state index contributed by atoms with van der Waals surface area (Å²) in [6.45, 7) is 9.78. The largest absolute Gasteiger partial charge is 0.458 e. The lowest BCUT2D eigenvalue weighted by Crippen LogP contribution is -2.58. The fourth-order valence-corrected chi connectivity index (χ4v) is 8.83. The standard InChI is InChI=1S/C33H42O5/c1-21-19-26-27(14-17-32(5)28(26)15-18-33(32,22(2)34)38-23(3)35)31(4)16-13-25(20-29(21)31)37-30(36)12-11-24-9-7-6-8-10-24/h6-10,19-20,25-28H,11-18H2,1-5H3/t25?,26-,27+,28+,31-,32+,33+/m1/s1. The van der Waals surface area contributed by atoms with Crippen LogP contribution in [0.15, 0.2) is 53.6 Å². The van der Waals surface area contributed by atoms with Crippen molar-refractivity contribution in [1.82, 2.24) is 0 Å². The minimum Gasteiger partial charge on any atom is -0.458 e. The van der Waals surface area contributed by atoms with Crippen LogP contribution in [0.5, 0.6) is 0 Å². The first-order valence-electron chi connectivity index (χ1n) is 14.4. The van der Waals surface area contributed by atoms with Crippen LogP contribution in [0, 0.1) is 28.6 Å². The van der Waals surface area contributed by atoms with E-state index < -0.39 is 5.60 Å². The molecule has 0 N–H and O–H groups in total. The lowest BCUT2D eigenvalue weighted by atomic mass is 9.47. The van der Waals surface area contributed by atoms with Crippen LogP contribution < -0.4 is 0 Å². The zero-order chi connectivity index (χ0) is 27.3. The summed E-state index contributed by atoms with van der Waals surface area (Å²) in [4.78, 5) is 37.7. The summed E-state index contributed by atoms with van der Waals surface area (Å²) in [5.74, 6) is 0.580. The zero-order valence-electron chi connectivity index (χ0n) is 23.5. The van der Waals surface area contributed by atoms with Crippen LogP contribution >= 0.6 is 0 Å². The Hall–Kier alpha value is -2.69. The SMILES string of the molecule is CC(=O)O[C@]1(C(C)=O)CC[C@H]2[C@@H]3C=C(C)C4=CC(OC(=O)CCc5ccccc5)CC[C@]4(C)[C@H]3CC[C@@]21C. The first-order valence-corrected chi connectivity index (χ1v) is 14.4. The third kappa shape index (κ3) is 4.26. The third-order valence-electron chi connectivity index (χ3n) is 10.7. The van der Waals surface area contributed by atoms with Gasteiger partial charge in [-0.2, -0.15) is 0 Å². The lowest BCUT2D eigenvalue weighted by molar-refractivity contribution is -0.185. The minimum atomic E-state index is -1.02. The summed E-state index contributed by atoms with van der Waals surface area (Å²) in [6.07, 6.45) is 10.7. The van der Waals surface area contributed by atoms with Gasteiger partial charge in [-0.05, 0) is 99.2 Å². The van der Waals surface area contributed by atoms with E-state index in [0.717, 1.165) is 37.7 Å². The number of ketones is 1. The Kier molecular flexibility index (Phi) is 6.94. The van der Waals surface area contributed by atoms with Crippen LogP contribution in [-0.4, -0.2) is 29.4 Å². The first kappa shape index (κ1) is 26.9. The number of carbonyl (C=O) groups excluding carboxylic acids is 3. The molecule has 0 amide bonds. The van der Waals surface area contributed by atoms with Gasteiger partial charge in [-0.3, -0.25) is 14.4 Å². The number of benzene rings is 1. The summed E-state index contributed by atoms with van der Waals surface area (Å²) in [7, 11) is 0. The van der Waals surface area contributed by atoms with Crippen LogP contribution in [-0.2, 0) is 30.3 Å². The number of ether oxygens (including phenoxy) is 2. The summed E-state index contributed by atoms with van der Waals surface area (Å²) < 4.78 is 11.8. The molecule has 38 heavy (non-hydrogen) atoms. The molecule has 0 saturated heterocycles. The van der Waals surface area contributed by atoms with Crippen molar-refractivity contribution in [3.8, 4) is 0 Å².